The summed E-state index contributed by atoms with van der Waals surface area (Å²) in [4.78, 5) is 50.7. The molecule has 0 bridgehead atoms. The Morgan fingerprint density at radius 1 is 0.971 bits per heavy atom. The van der Waals surface area contributed by atoms with Gasteiger partial charge in [-0.25, -0.2) is 14.5 Å². The number of ether oxygens (including phenoxy) is 1. The van der Waals surface area contributed by atoms with E-state index in [2.05, 4.69) is 5.32 Å². The van der Waals surface area contributed by atoms with Crippen molar-refractivity contribution in [2.75, 3.05) is 11.5 Å². The van der Waals surface area contributed by atoms with Crippen LogP contribution in [0.25, 0.3) is 6.08 Å². The first kappa shape index (κ1) is 23.9. The summed E-state index contributed by atoms with van der Waals surface area (Å²) < 4.78 is 4.94. The van der Waals surface area contributed by atoms with Crippen LogP contribution in [0.1, 0.15) is 34.0 Å². The first-order valence-corrected chi connectivity index (χ1v) is 11.3. The van der Waals surface area contributed by atoms with Crippen LogP contribution in [-0.2, 0) is 20.7 Å². The fraction of sp³-hybridized carbons (Fsp3) is 0.111. The van der Waals surface area contributed by atoms with E-state index in [1.54, 1.807) is 19.1 Å². The van der Waals surface area contributed by atoms with Gasteiger partial charge in [-0.15, -0.1) is 0 Å². The smallest absolute Gasteiger partial charge is 0.338 e. The molecule has 35 heavy (non-hydrogen) atoms. The lowest BCUT2D eigenvalue weighted by molar-refractivity contribution is -0.122. The summed E-state index contributed by atoms with van der Waals surface area (Å²) in [6.45, 7) is 1.92. The number of halogens is 1. The van der Waals surface area contributed by atoms with Crippen LogP contribution in [0.2, 0.25) is 5.02 Å². The number of anilines is 1. The molecular weight excluding hydrogens is 468 g/mol. The molecule has 1 heterocycles. The summed E-state index contributed by atoms with van der Waals surface area (Å²) >= 11 is 6.23. The Labute approximate surface area is 207 Å². The molecule has 0 unspecified atom stereocenters. The van der Waals surface area contributed by atoms with Crippen LogP contribution in [0.4, 0.5) is 10.5 Å². The van der Waals surface area contributed by atoms with Crippen molar-refractivity contribution in [3.8, 4) is 0 Å². The van der Waals surface area contributed by atoms with Gasteiger partial charge in [-0.2, -0.15) is 0 Å². The molecule has 1 aliphatic heterocycles. The summed E-state index contributed by atoms with van der Waals surface area (Å²) in [5.41, 5.74) is 2.94. The normalized spacial score (nSPS) is 14.7. The van der Waals surface area contributed by atoms with Crippen molar-refractivity contribution in [2.45, 2.75) is 13.3 Å². The Balaban J connectivity index is 1.55. The molecule has 4 amide bonds. The van der Waals surface area contributed by atoms with Gasteiger partial charge in [0.2, 0.25) is 0 Å². The fourth-order valence-electron chi connectivity index (χ4n) is 3.61. The van der Waals surface area contributed by atoms with Gasteiger partial charge in [0, 0.05) is 5.02 Å². The van der Waals surface area contributed by atoms with Crippen molar-refractivity contribution in [1.82, 2.24) is 5.32 Å². The second-order valence-electron chi connectivity index (χ2n) is 7.73. The molecule has 1 N–H and O–H groups in total. The predicted octanol–water partition coefficient (Wildman–Crippen LogP) is 4.77. The van der Waals surface area contributed by atoms with Gasteiger partial charge in [0.1, 0.15) is 5.57 Å². The third-order valence-corrected chi connectivity index (χ3v) is 5.75. The van der Waals surface area contributed by atoms with E-state index in [1.807, 2.05) is 36.4 Å². The van der Waals surface area contributed by atoms with Gasteiger partial charge >= 0.3 is 12.0 Å². The minimum absolute atomic E-state index is 0.182. The maximum Gasteiger partial charge on any atom is 0.338 e. The first-order chi connectivity index (χ1) is 16.9. The maximum atomic E-state index is 13.1. The second kappa shape index (κ2) is 10.4. The molecule has 0 saturated carbocycles. The Hall–Kier alpha value is -4.23. The summed E-state index contributed by atoms with van der Waals surface area (Å²) in [7, 11) is 0. The second-order valence-corrected chi connectivity index (χ2v) is 8.14. The largest absolute Gasteiger partial charge is 0.462 e. The quantitative estimate of drug-likeness (QED) is 0.306. The van der Waals surface area contributed by atoms with Crippen LogP contribution >= 0.6 is 11.6 Å². The van der Waals surface area contributed by atoms with E-state index in [0.717, 1.165) is 16.0 Å². The molecule has 0 radical (unpaired) electrons. The number of nitrogens with zero attached hydrogens (tertiary/aromatic N) is 1. The van der Waals surface area contributed by atoms with Gasteiger partial charge in [0.15, 0.2) is 0 Å². The zero-order valence-corrected chi connectivity index (χ0v) is 19.5. The molecule has 0 spiro atoms. The van der Waals surface area contributed by atoms with Gasteiger partial charge in [0.05, 0.1) is 17.9 Å². The Morgan fingerprint density at radius 3 is 2.31 bits per heavy atom. The van der Waals surface area contributed by atoms with Gasteiger partial charge in [0.25, 0.3) is 11.8 Å². The van der Waals surface area contributed by atoms with Crippen LogP contribution in [0.5, 0.6) is 0 Å². The summed E-state index contributed by atoms with van der Waals surface area (Å²) in [6.07, 6.45) is 2.07. The average molecular weight is 489 g/mol. The molecule has 1 aliphatic rings. The van der Waals surface area contributed by atoms with Crippen molar-refractivity contribution in [3.63, 3.8) is 0 Å². The van der Waals surface area contributed by atoms with Gasteiger partial charge in [-0.05, 0) is 66.4 Å². The highest BCUT2D eigenvalue weighted by Crippen LogP contribution is 2.24. The standard InChI is InChI=1S/C27H21ClN2O5/c1-2-35-26(33)19-11-13-21(14-12-19)30-25(32)22(24(31)29-27(30)34)16-18-9-7-17(8-10-18)15-20-5-3-4-6-23(20)28/h3-14,16H,2,15H2,1H3,(H,29,31,34)/b22-16+. The minimum atomic E-state index is -0.865. The molecule has 3 aromatic rings. The van der Waals surface area contributed by atoms with E-state index >= 15 is 0 Å². The van der Waals surface area contributed by atoms with Crippen LogP contribution in [-0.4, -0.2) is 30.4 Å². The number of benzene rings is 3. The Bertz CT molecular complexity index is 1330. The van der Waals surface area contributed by atoms with Gasteiger partial charge in [-0.1, -0.05) is 54.1 Å². The van der Waals surface area contributed by atoms with E-state index in [9.17, 15) is 19.2 Å². The van der Waals surface area contributed by atoms with Crippen LogP contribution in [0, 0.1) is 0 Å². The highest BCUT2D eigenvalue weighted by Gasteiger charge is 2.36. The van der Waals surface area contributed by atoms with E-state index in [0.29, 0.717) is 17.0 Å². The maximum absolute atomic E-state index is 13.1. The number of amides is 4. The lowest BCUT2D eigenvalue weighted by atomic mass is 10.0. The lowest BCUT2D eigenvalue weighted by Gasteiger charge is -2.26. The molecule has 1 fully saturated rings. The molecule has 3 aromatic carbocycles. The van der Waals surface area contributed by atoms with Crippen LogP contribution in [0.15, 0.2) is 78.4 Å². The van der Waals surface area contributed by atoms with Crippen LogP contribution in [0.3, 0.4) is 0 Å². The van der Waals surface area contributed by atoms with E-state index < -0.39 is 23.8 Å². The molecule has 1 saturated heterocycles. The first-order valence-electron chi connectivity index (χ1n) is 10.9. The summed E-state index contributed by atoms with van der Waals surface area (Å²) in [5.74, 6) is -2.05. The Kier molecular flexibility index (Phi) is 7.08. The number of rotatable bonds is 6. The highest BCUT2D eigenvalue weighted by molar-refractivity contribution is 6.39. The van der Waals surface area contributed by atoms with Crippen molar-refractivity contribution in [2.24, 2.45) is 0 Å². The number of hydrogen-bond acceptors (Lipinski definition) is 5. The fourth-order valence-corrected chi connectivity index (χ4v) is 3.82. The summed E-state index contributed by atoms with van der Waals surface area (Å²) in [5, 5.41) is 2.87. The zero-order valence-electron chi connectivity index (χ0n) is 18.8. The molecule has 0 atom stereocenters. The van der Waals surface area contributed by atoms with Crippen molar-refractivity contribution in [1.29, 1.82) is 0 Å². The molecule has 0 aliphatic carbocycles. The number of nitrogens with one attached hydrogen (secondary N) is 1. The number of hydrogen-bond donors (Lipinski definition) is 1. The third kappa shape index (κ3) is 5.31. The number of barbiturate groups is 1. The topological polar surface area (TPSA) is 92.8 Å². The van der Waals surface area contributed by atoms with E-state index in [1.165, 1.54) is 30.3 Å². The van der Waals surface area contributed by atoms with Crippen molar-refractivity contribution < 1.29 is 23.9 Å². The average Bonchev–Trinajstić information content (AvgIpc) is 2.84. The minimum Gasteiger partial charge on any atom is -0.462 e. The molecule has 4 rings (SSSR count). The number of urea groups is 1. The molecular formula is C27H21ClN2O5. The number of esters is 1. The van der Waals surface area contributed by atoms with E-state index in [4.69, 9.17) is 16.3 Å². The van der Waals surface area contributed by atoms with Gasteiger partial charge < -0.3 is 4.74 Å². The number of carbonyl (C=O) groups is 4. The zero-order chi connectivity index (χ0) is 24.9. The highest BCUT2D eigenvalue weighted by atomic mass is 35.5. The van der Waals surface area contributed by atoms with Crippen molar-refractivity contribution in [3.05, 3.63) is 106 Å². The number of imide groups is 2. The molecule has 0 aromatic heterocycles. The molecule has 7 nitrogen and oxygen atoms in total. The van der Waals surface area contributed by atoms with Gasteiger partial charge in [-0.3, -0.25) is 14.9 Å². The third-order valence-electron chi connectivity index (χ3n) is 5.38. The van der Waals surface area contributed by atoms with E-state index in [-0.39, 0.29) is 23.4 Å². The van der Waals surface area contributed by atoms with Crippen molar-refractivity contribution >= 4 is 47.2 Å². The van der Waals surface area contributed by atoms with Crippen LogP contribution < -0.4 is 10.2 Å². The molecule has 8 heteroatoms. The number of carbonyl (C=O) groups excluding carboxylic acids is 4. The molecule has 176 valence electrons. The monoisotopic (exact) mass is 488 g/mol. The lowest BCUT2D eigenvalue weighted by Crippen LogP contribution is -2.54. The summed E-state index contributed by atoms with van der Waals surface area (Å²) in [6, 6.07) is 19.9. The Morgan fingerprint density at radius 2 is 1.66 bits per heavy atom. The SMILES string of the molecule is CCOC(=O)c1ccc(N2C(=O)NC(=O)/C(=C\c3ccc(Cc4ccccc4Cl)cc3)C2=O)cc1. The predicted molar refractivity (Wildman–Crippen MR) is 132 cm³/mol.